The summed E-state index contributed by atoms with van der Waals surface area (Å²) in [5, 5.41) is 9.74. The molecule has 1 aliphatic rings. The number of nitrogens with one attached hydrogen (secondary N) is 1. The number of amides is 3. The maximum Gasteiger partial charge on any atom is 0.318 e. The average Bonchev–Trinajstić information content (AvgIpc) is 3.36. The number of carbonyl (C=O) groups excluding carboxylic acids is 2. The molecule has 1 atom stereocenters. The van der Waals surface area contributed by atoms with Crippen LogP contribution in [0.1, 0.15) is 44.5 Å². The summed E-state index contributed by atoms with van der Waals surface area (Å²) in [4.78, 5) is 27.8. The van der Waals surface area contributed by atoms with Gasteiger partial charge in [-0.05, 0) is 50.6 Å². The first-order valence-electron chi connectivity index (χ1n) is 10.9. The highest BCUT2D eigenvalue weighted by Crippen LogP contribution is 2.33. The van der Waals surface area contributed by atoms with Crippen LogP contribution in [-0.4, -0.2) is 64.5 Å². The Kier molecular flexibility index (Phi) is 7.81. The molecular formula is C24H32ClN5O3. The van der Waals surface area contributed by atoms with Gasteiger partial charge in [-0.3, -0.25) is 4.79 Å². The topological polar surface area (TPSA) is 79.2 Å². The third-order valence-corrected chi connectivity index (χ3v) is 5.57. The molecule has 3 rings (SSSR count). The molecule has 1 aromatic heterocycles. The van der Waals surface area contributed by atoms with Crippen molar-refractivity contribution >= 4 is 29.3 Å². The van der Waals surface area contributed by atoms with Gasteiger partial charge in [0.05, 0.1) is 24.1 Å². The van der Waals surface area contributed by atoms with Crippen molar-refractivity contribution in [2.24, 2.45) is 12.1 Å². The van der Waals surface area contributed by atoms with Crippen LogP contribution in [0, 0.1) is 0 Å². The summed E-state index contributed by atoms with van der Waals surface area (Å²) < 4.78 is 7.13. The maximum absolute atomic E-state index is 13.5. The van der Waals surface area contributed by atoms with Gasteiger partial charge in [-0.25, -0.2) is 9.80 Å². The number of hydrogen-bond acceptors (Lipinski definition) is 4. The van der Waals surface area contributed by atoms with E-state index in [1.54, 1.807) is 7.11 Å². The molecule has 8 nitrogen and oxygen atoms in total. The van der Waals surface area contributed by atoms with Crippen LogP contribution in [0.2, 0.25) is 5.02 Å². The van der Waals surface area contributed by atoms with Crippen LogP contribution in [0.5, 0.6) is 0 Å². The molecule has 0 unspecified atom stereocenters. The van der Waals surface area contributed by atoms with E-state index in [2.05, 4.69) is 5.32 Å². The van der Waals surface area contributed by atoms with Crippen molar-refractivity contribution in [2.45, 2.75) is 38.8 Å². The number of hydrogen-bond donors (Lipinski definition) is 1. The van der Waals surface area contributed by atoms with Crippen molar-refractivity contribution in [2.75, 3.05) is 26.8 Å². The number of hydrazone groups is 1. The molecule has 2 aromatic rings. The minimum Gasteiger partial charge on any atom is -0.383 e. The quantitative estimate of drug-likeness (QED) is 0.664. The van der Waals surface area contributed by atoms with E-state index >= 15 is 0 Å². The van der Waals surface area contributed by atoms with Gasteiger partial charge in [0.1, 0.15) is 6.54 Å². The van der Waals surface area contributed by atoms with Gasteiger partial charge in [-0.1, -0.05) is 23.7 Å². The fourth-order valence-electron chi connectivity index (χ4n) is 3.69. The molecule has 1 N–H and O–H groups in total. The Morgan fingerprint density at radius 3 is 2.52 bits per heavy atom. The first-order chi connectivity index (χ1) is 15.6. The number of benzene rings is 1. The molecule has 0 radical (unpaired) electrons. The molecule has 2 heterocycles. The summed E-state index contributed by atoms with van der Waals surface area (Å²) in [7, 11) is 3.51. The van der Waals surface area contributed by atoms with Crippen LogP contribution in [0.15, 0.2) is 47.7 Å². The smallest absolute Gasteiger partial charge is 0.318 e. The maximum atomic E-state index is 13.5. The molecule has 178 valence electrons. The first kappa shape index (κ1) is 24.8. The molecule has 0 fully saturated rings. The van der Waals surface area contributed by atoms with E-state index < -0.39 is 5.54 Å². The third kappa shape index (κ3) is 6.36. The van der Waals surface area contributed by atoms with Crippen molar-refractivity contribution in [3.8, 4) is 0 Å². The summed E-state index contributed by atoms with van der Waals surface area (Å²) in [6.45, 7) is 6.19. The normalized spacial score (nSPS) is 16.0. The van der Waals surface area contributed by atoms with Gasteiger partial charge >= 0.3 is 6.03 Å². The second-order valence-corrected chi connectivity index (χ2v) is 9.59. The van der Waals surface area contributed by atoms with Gasteiger partial charge in [0.2, 0.25) is 0 Å². The van der Waals surface area contributed by atoms with E-state index in [1.165, 1.54) is 9.91 Å². The van der Waals surface area contributed by atoms with Gasteiger partial charge in [-0.15, -0.1) is 0 Å². The van der Waals surface area contributed by atoms with Crippen molar-refractivity contribution in [3.05, 3.63) is 58.9 Å². The Labute approximate surface area is 200 Å². The molecule has 0 aliphatic carbocycles. The minimum absolute atomic E-state index is 0.112. The number of nitrogens with zero attached hydrogens (tertiary/aromatic N) is 4. The summed E-state index contributed by atoms with van der Waals surface area (Å²) in [6, 6.07) is 10.8. The first-order valence-corrected chi connectivity index (χ1v) is 11.3. The fourth-order valence-corrected chi connectivity index (χ4v) is 3.82. The molecule has 9 heteroatoms. The van der Waals surface area contributed by atoms with Crippen molar-refractivity contribution in [1.29, 1.82) is 0 Å². The Balaban J connectivity index is 1.87. The standard InChI is InChI=1S/C24H32ClN5O3/c1-24(2,3)26-23(32)29(13-14-33-5)16-22(31)30-21(17-8-10-18(25)11-9-17)15-19(27-30)20-7-6-12-28(20)4/h6-12,21H,13-16H2,1-5H3,(H,26,32)/t21-/m0/s1. The van der Waals surface area contributed by atoms with Gasteiger partial charge in [0.25, 0.3) is 5.91 Å². The highest BCUT2D eigenvalue weighted by Gasteiger charge is 2.35. The van der Waals surface area contributed by atoms with E-state index in [9.17, 15) is 9.59 Å². The Bertz CT molecular complexity index is 1010. The molecular weight excluding hydrogens is 442 g/mol. The summed E-state index contributed by atoms with van der Waals surface area (Å²) in [5.74, 6) is -0.265. The molecule has 0 saturated heterocycles. The second kappa shape index (κ2) is 10.4. The van der Waals surface area contributed by atoms with Crippen LogP contribution in [-0.2, 0) is 16.6 Å². The van der Waals surface area contributed by atoms with Gasteiger partial charge in [0, 0.05) is 43.9 Å². The van der Waals surface area contributed by atoms with Crippen molar-refractivity contribution in [3.63, 3.8) is 0 Å². The lowest BCUT2D eigenvalue weighted by atomic mass is 10.0. The number of urea groups is 1. The number of rotatable bonds is 7. The second-order valence-electron chi connectivity index (χ2n) is 9.16. The molecule has 1 aliphatic heterocycles. The van der Waals surface area contributed by atoms with Crippen molar-refractivity contribution in [1.82, 2.24) is 19.8 Å². The van der Waals surface area contributed by atoms with Crippen LogP contribution >= 0.6 is 11.6 Å². The predicted molar refractivity (Wildman–Crippen MR) is 129 cm³/mol. The van der Waals surface area contributed by atoms with Gasteiger partial charge < -0.3 is 19.5 Å². The zero-order chi connectivity index (χ0) is 24.2. The lowest BCUT2D eigenvalue weighted by Gasteiger charge is -2.30. The highest BCUT2D eigenvalue weighted by atomic mass is 35.5. The molecule has 1 aromatic carbocycles. The van der Waals surface area contributed by atoms with E-state index in [1.807, 2.05) is 75.0 Å². The molecule has 0 bridgehead atoms. The van der Waals surface area contributed by atoms with E-state index in [4.69, 9.17) is 21.4 Å². The fraction of sp³-hybridized carbons (Fsp3) is 0.458. The van der Waals surface area contributed by atoms with Crippen molar-refractivity contribution < 1.29 is 14.3 Å². The highest BCUT2D eigenvalue weighted by molar-refractivity contribution is 6.30. The summed E-state index contributed by atoms with van der Waals surface area (Å²) in [5.41, 5.74) is 2.27. The molecule has 3 amide bonds. The average molecular weight is 474 g/mol. The summed E-state index contributed by atoms with van der Waals surface area (Å²) >= 11 is 6.08. The third-order valence-electron chi connectivity index (χ3n) is 5.32. The largest absolute Gasteiger partial charge is 0.383 e. The number of carbonyl (C=O) groups is 2. The van der Waals surface area contributed by atoms with Gasteiger partial charge in [-0.2, -0.15) is 5.10 Å². The van der Waals surface area contributed by atoms with Crippen LogP contribution in [0.25, 0.3) is 0 Å². The van der Waals surface area contributed by atoms with E-state index in [-0.39, 0.29) is 31.1 Å². The van der Waals surface area contributed by atoms with Crippen LogP contribution in [0.3, 0.4) is 0 Å². The molecule has 33 heavy (non-hydrogen) atoms. The molecule has 0 spiro atoms. The Hall–Kier alpha value is -2.84. The van der Waals surface area contributed by atoms with Crippen LogP contribution < -0.4 is 5.32 Å². The number of ether oxygens (including phenoxy) is 1. The number of methoxy groups -OCH3 is 1. The molecule has 0 saturated carbocycles. The lowest BCUT2D eigenvalue weighted by molar-refractivity contribution is -0.133. The Morgan fingerprint density at radius 1 is 1.24 bits per heavy atom. The zero-order valence-electron chi connectivity index (χ0n) is 19.8. The van der Waals surface area contributed by atoms with Crippen LogP contribution in [0.4, 0.5) is 4.79 Å². The monoisotopic (exact) mass is 473 g/mol. The minimum atomic E-state index is -0.428. The lowest BCUT2D eigenvalue weighted by Crippen LogP contribution is -2.52. The zero-order valence-corrected chi connectivity index (χ0v) is 20.6. The Morgan fingerprint density at radius 2 is 1.94 bits per heavy atom. The number of aryl methyl sites for hydroxylation is 1. The SMILES string of the molecule is COCCN(CC(=O)N1N=C(c2cccn2C)C[C@H]1c1ccc(Cl)cc1)C(=O)NC(C)(C)C. The number of aromatic nitrogens is 1. The van der Waals surface area contributed by atoms with E-state index in [0.29, 0.717) is 18.1 Å². The van der Waals surface area contributed by atoms with Gasteiger partial charge in [0.15, 0.2) is 0 Å². The van der Waals surface area contributed by atoms with E-state index in [0.717, 1.165) is 17.0 Å². The number of halogens is 1. The summed E-state index contributed by atoms with van der Waals surface area (Å²) in [6.07, 6.45) is 2.51. The predicted octanol–water partition coefficient (Wildman–Crippen LogP) is 3.81.